The Labute approximate surface area is 145 Å². The number of hydrogen-bond acceptors (Lipinski definition) is 4. The van der Waals surface area contributed by atoms with Gasteiger partial charge in [0, 0.05) is 48.9 Å². The molecule has 1 aromatic carbocycles. The van der Waals surface area contributed by atoms with Crippen molar-refractivity contribution in [3.8, 4) is 0 Å². The van der Waals surface area contributed by atoms with E-state index in [1.54, 1.807) is 29.0 Å². The maximum Gasteiger partial charge on any atom is 0.239 e. The Hall–Kier alpha value is -1.89. The van der Waals surface area contributed by atoms with Crippen LogP contribution in [0.15, 0.2) is 35.3 Å². The molecule has 2 heterocycles. The molecule has 0 unspecified atom stereocenters. The van der Waals surface area contributed by atoms with Crippen molar-refractivity contribution in [2.24, 2.45) is 0 Å². The number of fused-ring (bicyclic) bond motifs is 1. The van der Waals surface area contributed by atoms with E-state index >= 15 is 0 Å². The summed E-state index contributed by atoms with van der Waals surface area (Å²) in [7, 11) is 0. The molecule has 0 atom stereocenters. The summed E-state index contributed by atoms with van der Waals surface area (Å²) >= 11 is 6.02. The van der Waals surface area contributed by atoms with Crippen LogP contribution in [0.1, 0.15) is 0 Å². The van der Waals surface area contributed by atoms with Gasteiger partial charge >= 0.3 is 0 Å². The minimum Gasteiger partial charge on any atom is -0.379 e. The number of nitrogens with zero attached hydrogens (tertiary/aromatic N) is 2. The van der Waals surface area contributed by atoms with Gasteiger partial charge in [0.25, 0.3) is 0 Å². The van der Waals surface area contributed by atoms with Crippen LogP contribution in [0.5, 0.6) is 0 Å². The summed E-state index contributed by atoms with van der Waals surface area (Å²) in [5.41, 5.74) is 0.587. The molecule has 0 aliphatic carbocycles. The fourth-order valence-corrected chi connectivity index (χ4v) is 2.97. The van der Waals surface area contributed by atoms with Crippen molar-refractivity contribution in [2.45, 2.75) is 6.54 Å². The second kappa shape index (κ2) is 7.79. The lowest BCUT2D eigenvalue weighted by atomic mass is 10.2. The molecule has 1 N–H and O–H groups in total. The lowest BCUT2D eigenvalue weighted by Crippen LogP contribution is -2.41. The summed E-state index contributed by atoms with van der Waals surface area (Å²) in [4.78, 5) is 26.3. The van der Waals surface area contributed by atoms with Gasteiger partial charge in [-0.15, -0.1) is 0 Å². The Balaban J connectivity index is 1.62. The standard InChI is InChI=1S/C17H20ClN3O3/c18-13-1-2-14-15(11-13)21(5-3-16(14)22)12-17(23)19-4-6-20-7-9-24-10-8-20/h1-3,5,11H,4,6-10,12H2,(H,19,23). The third kappa shape index (κ3) is 4.14. The molecule has 2 aromatic rings. The first kappa shape index (κ1) is 17.0. The van der Waals surface area contributed by atoms with E-state index < -0.39 is 0 Å². The summed E-state index contributed by atoms with van der Waals surface area (Å²) < 4.78 is 7.04. The molecule has 1 saturated heterocycles. The fraction of sp³-hybridized carbons (Fsp3) is 0.412. The van der Waals surface area contributed by atoms with Gasteiger partial charge in [0.05, 0.1) is 18.7 Å². The molecular formula is C17H20ClN3O3. The first-order valence-electron chi connectivity index (χ1n) is 7.99. The number of carbonyl (C=O) groups excluding carboxylic acids is 1. The average Bonchev–Trinajstić information content (AvgIpc) is 2.58. The Morgan fingerprint density at radius 3 is 2.83 bits per heavy atom. The van der Waals surface area contributed by atoms with E-state index in [2.05, 4.69) is 10.2 Å². The quantitative estimate of drug-likeness (QED) is 0.878. The Kier molecular flexibility index (Phi) is 5.50. The first-order valence-corrected chi connectivity index (χ1v) is 8.37. The van der Waals surface area contributed by atoms with E-state index in [1.807, 2.05) is 0 Å². The molecule has 24 heavy (non-hydrogen) atoms. The predicted molar refractivity (Wildman–Crippen MR) is 93.5 cm³/mol. The van der Waals surface area contributed by atoms with Gasteiger partial charge in [0.15, 0.2) is 5.43 Å². The lowest BCUT2D eigenvalue weighted by molar-refractivity contribution is -0.121. The summed E-state index contributed by atoms with van der Waals surface area (Å²) in [6, 6.07) is 6.54. The Bertz CT molecular complexity index is 784. The van der Waals surface area contributed by atoms with Crippen molar-refractivity contribution in [2.75, 3.05) is 39.4 Å². The predicted octanol–water partition coefficient (Wildman–Crippen LogP) is 1.10. The smallest absolute Gasteiger partial charge is 0.239 e. The minimum absolute atomic E-state index is 0.0781. The second-order valence-corrected chi connectivity index (χ2v) is 6.21. The highest BCUT2D eigenvalue weighted by Gasteiger charge is 2.11. The van der Waals surface area contributed by atoms with E-state index in [9.17, 15) is 9.59 Å². The maximum absolute atomic E-state index is 12.2. The largest absolute Gasteiger partial charge is 0.379 e. The number of halogens is 1. The van der Waals surface area contributed by atoms with Crippen molar-refractivity contribution in [1.82, 2.24) is 14.8 Å². The number of morpholine rings is 1. The molecule has 0 bridgehead atoms. The molecule has 7 heteroatoms. The van der Waals surface area contributed by atoms with E-state index in [4.69, 9.17) is 16.3 Å². The van der Waals surface area contributed by atoms with E-state index in [-0.39, 0.29) is 17.9 Å². The van der Waals surface area contributed by atoms with Crippen LogP contribution in [0.2, 0.25) is 5.02 Å². The van der Waals surface area contributed by atoms with Crippen LogP contribution >= 0.6 is 11.6 Å². The van der Waals surface area contributed by atoms with E-state index in [0.717, 1.165) is 32.8 Å². The fourth-order valence-electron chi connectivity index (χ4n) is 2.81. The van der Waals surface area contributed by atoms with Gasteiger partial charge in [-0.2, -0.15) is 0 Å². The Morgan fingerprint density at radius 1 is 1.25 bits per heavy atom. The van der Waals surface area contributed by atoms with Gasteiger partial charge in [0.1, 0.15) is 6.54 Å². The molecule has 3 rings (SSSR count). The molecule has 128 valence electrons. The topological polar surface area (TPSA) is 63.6 Å². The van der Waals surface area contributed by atoms with Crippen molar-refractivity contribution in [1.29, 1.82) is 0 Å². The van der Waals surface area contributed by atoms with Crippen LogP contribution in [0.3, 0.4) is 0 Å². The van der Waals surface area contributed by atoms with Crippen LogP contribution in [-0.2, 0) is 16.1 Å². The number of amides is 1. The zero-order chi connectivity index (χ0) is 16.9. The molecule has 1 fully saturated rings. The van der Waals surface area contributed by atoms with Crippen molar-refractivity contribution < 1.29 is 9.53 Å². The van der Waals surface area contributed by atoms with Gasteiger partial charge in [-0.25, -0.2) is 0 Å². The van der Waals surface area contributed by atoms with Gasteiger partial charge in [-0.3, -0.25) is 14.5 Å². The molecule has 1 aromatic heterocycles. The third-order valence-electron chi connectivity index (χ3n) is 4.11. The highest BCUT2D eigenvalue weighted by atomic mass is 35.5. The number of carbonyl (C=O) groups is 1. The van der Waals surface area contributed by atoms with Crippen molar-refractivity contribution in [3.63, 3.8) is 0 Å². The molecule has 1 aliphatic heterocycles. The molecular weight excluding hydrogens is 330 g/mol. The van der Waals surface area contributed by atoms with Crippen molar-refractivity contribution in [3.05, 3.63) is 45.7 Å². The highest BCUT2D eigenvalue weighted by molar-refractivity contribution is 6.31. The van der Waals surface area contributed by atoms with Crippen molar-refractivity contribution >= 4 is 28.4 Å². The van der Waals surface area contributed by atoms with Crippen LogP contribution < -0.4 is 10.7 Å². The summed E-state index contributed by atoms with van der Waals surface area (Å²) in [6.45, 7) is 4.86. The minimum atomic E-state index is -0.0896. The molecule has 6 nitrogen and oxygen atoms in total. The number of ether oxygens (including phenoxy) is 1. The molecule has 0 radical (unpaired) electrons. The number of aromatic nitrogens is 1. The zero-order valence-electron chi connectivity index (χ0n) is 13.3. The normalized spacial score (nSPS) is 15.5. The van der Waals surface area contributed by atoms with Gasteiger partial charge in [0.2, 0.25) is 5.91 Å². The third-order valence-corrected chi connectivity index (χ3v) is 4.34. The van der Waals surface area contributed by atoms with Crippen LogP contribution in [-0.4, -0.2) is 54.8 Å². The number of rotatable bonds is 5. The monoisotopic (exact) mass is 349 g/mol. The van der Waals surface area contributed by atoms with E-state index in [0.29, 0.717) is 22.5 Å². The summed E-state index contributed by atoms with van der Waals surface area (Å²) in [5, 5.41) is 4.01. The van der Waals surface area contributed by atoms with Gasteiger partial charge in [-0.05, 0) is 18.2 Å². The zero-order valence-corrected chi connectivity index (χ0v) is 14.1. The summed E-state index contributed by atoms with van der Waals surface area (Å²) in [6.07, 6.45) is 1.63. The highest BCUT2D eigenvalue weighted by Crippen LogP contribution is 2.16. The molecule has 1 amide bonds. The van der Waals surface area contributed by atoms with Crippen LogP contribution in [0, 0.1) is 0 Å². The number of benzene rings is 1. The maximum atomic E-state index is 12.2. The Morgan fingerprint density at radius 2 is 2.04 bits per heavy atom. The first-order chi connectivity index (χ1) is 11.6. The van der Waals surface area contributed by atoms with Gasteiger partial charge in [-0.1, -0.05) is 11.6 Å². The summed E-state index contributed by atoms with van der Waals surface area (Å²) in [5.74, 6) is -0.0896. The molecule has 0 spiro atoms. The second-order valence-electron chi connectivity index (χ2n) is 5.77. The number of hydrogen-bond donors (Lipinski definition) is 1. The average molecular weight is 350 g/mol. The molecule has 1 aliphatic rings. The van der Waals surface area contributed by atoms with Gasteiger partial charge < -0.3 is 14.6 Å². The molecule has 0 saturated carbocycles. The van der Waals surface area contributed by atoms with E-state index in [1.165, 1.54) is 6.07 Å². The number of pyridine rings is 1. The SMILES string of the molecule is O=C(Cn1ccc(=O)c2ccc(Cl)cc21)NCCN1CCOCC1. The van der Waals surface area contributed by atoms with Crippen LogP contribution in [0.4, 0.5) is 0 Å². The number of nitrogens with one attached hydrogen (secondary N) is 1. The lowest BCUT2D eigenvalue weighted by Gasteiger charge is -2.26. The van der Waals surface area contributed by atoms with Crippen LogP contribution in [0.25, 0.3) is 10.9 Å².